The van der Waals surface area contributed by atoms with Gasteiger partial charge in [-0.1, -0.05) is 24.3 Å². The van der Waals surface area contributed by atoms with Gasteiger partial charge in [0, 0.05) is 24.6 Å². The fraction of sp³-hybridized carbons (Fsp3) is 0.238. The second kappa shape index (κ2) is 7.30. The molecule has 0 aliphatic carbocycles. The zero-order valence-corrected chi connectivity index (χ0v) is 15.9. The van der Waals surface area contributed by atoms with Crippen LogP contribution in [0.5, 0.6) is 0 Å². The second-order valence-electron chi connectivity index (χ2n) is 7.59. The normalized spacial score (nSPS) is 26.7. The highest BCUT2D eigenvalue weighted by atomic mass is 16.6. The van der Waals surface area contributed by atoms with E-state index in [0.29, 0.717) is 16.7 Å². The first-order chi connectivity index (χ1) is 14.8. The fourth-order valence-electron chi connectivity index (χ4n) is 4.47. The molecule has 4 rings (SSSR count). The van der Waals surface area contributed by atoms with Gasteiger partial charge in [0.15, 0.2) is 0 Å². The number of nitriles is 1. The summed E-state index contributed by atoms with van der Waals surface area (Å²) in [7, 11) is 0. The summed E-state index contributed by atoms with van der Waals surface area (Å²) in [5.41, 5.74) is -0.497. The molecule has 2 aromatic rings. The predicted octanol–water partition coefficient (Wildman–Crippen LogP) is 1.07. The van der Waals surface area contributed by atoms with Gasteiger partial charge in [-0.15, -0.1) is 0 Å². The summed E-state index contributed by atoms with van der Waals surface area (Å²) < 4.78 is 0. The molecule has 3 N–H and O–H groups in total. The smallest absolute Gasteiger partial charge is 0.325 e. The Hall–Kier alpha value is -4.10. The molecule has 2 fully saturated rings. The molecule has 10 heteroatoms. The lowest BCUT2D eigenvalue weighted by molar-refractivity contribution is -0.384. The molecular weight excluding hydrogens is 404 g/mol. The van der Waals surface area contributed by atoms with Crippen LogP contribution in [-0.2, 0) is 20.8 Å². The molecule has 0 aromatic heterocycles. The Kier molecular flexibility index (Phi) is 4.75. The fourth-order valence-corrected chi connectivity index (χ4v) is 4.47. The zero-order valence-electron chi connectivity index (χ0n) is 15.9. The van der Waals surface area contributed by atoms with Crippen LogP contribution in [0.15, 0.2) is 48.5 Å². The van der Waals surface area contributed by atoms with Crippen LogP contribution in [0.3, 0.4) is 0 Å². The van der Waals surface area contributed by atoms with E-state index in [1.807, 2.05) is 6.07 Å². The van der Waals surface area contributed by atoms with E-state index >= 15 is 0 Å². The van der Waals surface area contributed by atoms with Gasteiger partial charge in [0.25, 0.3) is 5.69 Å². The maximum Gasteiger partial charge on any atom is 0.325 e. The number of nitro groups is 1. The number of carbonyl (C=O) groups excluding carboxylic acids is 2. The first-order valence-electron chi connectivity index (χ1n) is 9.36. The average molecular weight is 420 g/mol. The third kappa shape index (κ3) is 3.21. The molecular formula is C21H16N4O6. The molecule has 2 aromatic carbocycles. The van der Waals surface area contributed by atoms with Gasteiger partial charge in [-0.3, -0.25) is 35.1 Å². The number of aliphatic carboxylic acids is 1. The van der Waals surface area contributed by atoms with E-state index in [1.54, 1.807) is 24.3 Å². The Morgan fingerprint density at radius 3 is 2.32 bits per heavy atom. The summed E-state index contributed by atoms with van der Waals surface area (Å²) in [4.78, 5) is 48.0. The van der Waals surface area contributed by atoms with E-state index < -0.39 is 46.1 Å². The van der Waals surface area contributed by atoms with Crippen molar-refractivity contribution in [3.8, 4) is 6.07 Å². The number of rotatable bonds is 5. The first kappa shape index (κ1) is 20.2. The van der Waals surface area contributed by atoms with Crippen molar-refractivity contribution in [3.05, 3.63) is 75.3 Å². The maximum absolute atomic E-state index is 12.6. The van der Waals surface area contributed by atoms with Crippen molar-refractivity contribution in [2.75, 3.05) is 0 Å². The standard InChI is InChI=1S/C21H16N4O6/c22-10-12-1-5-13(6-2-12)17-15-16(19(27)23-18(15)26)21(24-17,20(28)29)9-11-3-7-14(8-4-11)25(30)31/h1-8,15-17,24H,9H2,(H,28,29)(H,23,26,27). The van der Waals surface area contributed by atoms with Gasteiger partial charge in [0.2, 0.25) is 11.8 Å². The number of nitrogens with one attached hydrogen (secondary N) is 2. The Bertz CT molecular complexity index is 1140. The summed E-state index contributed by atoms with van der Waals surface area (Å²) in [6.45, 7) is 0. The third-order valence-corrected chi connectivity index (χ3v) is 5.90. The molecule has 0 bridgehead atoms. The van der Waals surface area contributed by atoms with Crippen LogP contribution in [-0.4, -0.2) is 33.4 Å². The summed E-state index contributed by atoms with van der Waals surface area (Å²) in [5, 5.41) is 35.3. The van der Waals surface area contributed by atoms with E-state index in [-0.39, 0.29) is 12.1 Å². The number of benzene rings is 2. The van der Waals surface area contributed by atoms with Crippen molar-refractivity contribution in [2.24, 2.45) is 11.8 Å². The van der Waals surface area contributed by atoms with Crippen LogP contribution in [0.25, 0.3) is 0 Å². The molecule has 2 amide bonds. The molecule has 2 heterocycles. The lowest BCUT2D eigenvalue weighted by atomic mass is 9.76. The number of imide groups is 1. The van der Waals surface area contributed by atoms with Crippen LogP contribution in [0.2, 0.25) is 0 Å². The Morgan fingerprint density at radius 2 is 1.77 bits per heavy atom. The highest BCUT2D eigenvalue weighted by molar-refractivity contribution is 6.09. The number of non-ortho nitro benzene ring substituents is 1. The number of hydrogen-bond acceptors (Lipinski definition) is 7. The van der Waals surface area contributed by atoms with E-state index in [1.165, 1.54) is 24.3 Å². The van der Waals surface area contributed by atoms with Crippen molar-refractivity contribution in [1.82, 2.24) is 10.6 Å². The Balaban J connectivity index is 1.76. The molecule has 2 aliphatic rings. The second-order valence-corrected chi connectivity index (χ2v) is 7.59. The van der Waals surface area contributed by atoms with Crippen molar-refractivity contribution >= 4 is 23.5 Å². The van der Waals surface area contributed by atoms with Crippen LogP contribution in [0.1, 0.15) is 22.7 Å². The molecule has 10 nitrogen and oxygen atoms in total. The Labute approximate surface area is 175 Å². The molecule has 2 saturated heterocycles. The number of nitrogens with zero attached hydrogens (tertiary/aromatic N) is 2. The molecule has 4 atom stereocenters. The first-order valence-corrected chi connectivity index (χ1v) is 9.36. The van der Waals surface area contributed by atoms with Crippen molar-refractivity contribution < 1.29 is 24.4 Å². The van der Waals surface area contributed by atoms with Gasteiger partial charge in [-0.25, -0.2) is 0 Å². The van der Waals surface area contributed by atoms with Gasteiger partial charge in [-0.05, 0) is 23.3 Å². The molecule has 2 aliphatic heterocycles. The van der Waals surface area contributed by atoms with Gasteiger partial charge in [-0.2, -0.15) is 5.26 Å². The number of amides is 2. The topological polar surface area (TPSA) is 162 Å². The van der Waals surface area contributed by atoms with Gasteiger partial charge < -0.3 is 5.11 Å². The SMILES string of the molecule is N#Cc1ccc(C2NC(Cc3ccc([N+](=O)[O-])cc3)(C(=O)O)C3C(=O)NC(=O)C23)cc1. The van der Waals surface area contributed by atoms with Crippen LogP contribution < -0.4 is 10.6 Å². The van der Waals surface area contributed by atoms with Crippen molar-refractivity contribution in [2.45, 2.75) is 18.0 Å². The van der Waals surface area contributed by atoms with E-state index in [2.05, 4.69) is 10.6 Å². The third-order valence-electron chi connectivity index (χ3n) is 5.90. The van der Waals surface area contributed by atoms with Crippen LogP contribution >= 0.6 is 0 Å². The number of hydrogen-bond donors (Lipinski definition) is 3. The number of nitro benzene ring substituents is 1. The van der Waals surface area contributed by atoms with Crippen LogP contribution in [0, 0.1) is 33.3 Å². The monoisotopic (exact) mass is 420 g/mol. The summed E-state index contributed by atoms with van der Waals surface area (Å²) in [6, 6.07) is 13.0. The van der Waals surface area contributed by atoms with Crippen molar-refractivity contribution in [3.63, 3.8) is 0 Å². The highest BCUT2D eigenvalue weighted by Crippen LogP contribution is 2.47. The lowest BCUT2D eigenvalue weighted by Crippen LogP contribution is -2.57. The highest BCUT2D eigenvalue weighted by Gasteiger charge is 2.66. The van der Waals surface area contributed by atoms with E-state index in [4.69, 9.17) is 5.26 Å². The minimum atomic E-state index is -1.80. The number of fused-ring (bicyclic) bond motifs is 1. The minimum absolute atomic E-state index is 0.144. The summed E-state index contributed by atoms with van der Waals surface area (Å²) >= 11 is 0. The largest absolute Gasteiger partial charge is 0.480 e. The maximum atomic E-state index is 12.6. The Morgan fingerprint density at radius 1 is 1.13 bits per heavy atom. The van der Waals surface area contributed by atoms with E-state index in [0.717, 1.165) is 0 Å². The van der Waals surface area contributed by atoms with Gasteiger partial charge in [0.1, 0.15) is 5.54 Å². The van der Waals surface area contributed by atoms with Gasteiger partial charge >= 0.3 is 5.97 Å². The van der Waals surface area contributed by atoms with Gasteiger partial charge in [0.05, 0.1) is 28.4 Å². The van der Waals surface area contributed by atoms with Crippen molar-refractivity contribution in [1.29, 1.82) is 5.26 Å². The molecule has 156 valence electrons. The molecule has 0 radical (unpaired) electrons. The number of carboxylic acid groups (broad SMARTS) is 1. The lowest BCUT2D eigenvalue weighted by Gasteiger charge is -2.30. The predicted molar refractivity (Wildman–Crippen MR) is 104 cm³/mol. The quantitative estimate of drug-likeness (QED) is 0.367. The molecule has 0 spiro atoms. The summed E-state index contributed by atoms with van der Waals surface area (Å²) in [5.74, 6) is -4.67. The number of carbonyl (C=O) groups is 3. The zero-order chi connectivity index (χ0) is 22.3. The average Bonchev–Trinajstić information content (AvgIpc) is 3.25. The molecule has 4 unspecified atom stereocenters. The summed E-state index contributed by atoms with van der Waals surface area (Å²) in [6.07, 6.45) is -0.158. The molecule has 31 heavy (non-hydrogen) atoms. The minimum Gasteiger partial charge on any atom is -0.480 e. The van der Waals surface area contributed by atoms with Crippen LogP contribution in [0.4, 0.5) is 5.69 Å². The number of carboxylic acids is 1. The van der Waals surface area contributed by atoms with E-state index in [9.17, 15) is 29.6 Å². The molecule has 0 saturated carbocycles.